The Hall–Kier alpha value is -3.19. The van der Waals surface area contributed by atoms with Gasteiger partial charge in [0.1, 0.15) is 5.82 Å². The van der Waals surface area contributed by atoms with E-state index >= 15 is 0 Å². The van der Waals surface area contributed by atoms with E-state index in [2.05, 4.69) is 15.3 Å². The number of para-hydroxylation sites is 2. The molecule has 0 aliphatic heterocycles. The fourth-order valence-electron chi connectivity index (χ4n) is 2.96. The molecule has 2 aromatic carbocycles. The Kier molecular flexibility index (Phi) is 4.14. The van der Waals surface area contributed by atoms with Gasteiger partial charge in [-0.05, 0) is 36.8 Å². The second-order valence-corrected chi connectivity index (χ2v) is 5.98. The van der Waals surface area contributed by atoms with Gasteiger partial charge in [-0.15, -0.1) is 0 Å². The summed E-state index contributed by atoms with van der Waals surface area (Å²) < 4.78 is 15.7. The standard InChI is InChI=1S/C19H17FN4O2/c20-13-10-12-6-7-18(26)24(17(12)11-16(13)21-8-3-9-25)19-22-14-4-1-2-5-15(14)23-19/h1-2,4-7,10-11,21,25H,3,8-9H2,(H,22,23). The SMILES string of the molecule is O=c1ccc2cc(F)c(NCCCO)cc2n1-c1nc2ccccc2[nH]1. The van der Waals surface area contributed by atoms with Crippen molar-refractivity contribution >= 4 is 27.6 Å². The molecule has 0 bridgehead atoms. The Labute approximate surface area is 147 Å². The van der Waals surface area contributed by atoms with Gasteiger partial charge in [0.15, 0.2) is 0 Å². The number of aromatic amines is 1. The second-order valence-electron chi connectivity index (χ2n) is 5.98. The zero-order chi connectivity index (χ0) is 18.1. The van der Waals surface area contributed by atoms with Gasteiger partial charge in [-0.25, -0.2) is 13.9 Å². The molecule has 26 heavy (non-hydrogen) atoms. The minimum atomic E-state index is -0.412. The summed E-state index contributed by atoms with van der Waals surface area (Å²) >= 11 is 0. The molecule has 0 saturated heterocycles. The lowest BCUT2D eigenvalue weighted by Crippen LogP contribution is -2.19. The van der Waals surface area contributed by atoms with Crippen LogP contribution in [0.15, 0.2) is 53.3 Å². The molecule has 4 aromatic rings. The summed E-state index contributed by atoms with van der Waals surface area (Å²) in [5.74, 6) is -0.0278. The minimum Gasteiger partial charge on any atom is -0.396 e. The summed E-state index contributed by atoms with van der Waals surface area (Å²) in [4.78, 5) is 20.1. The van der Waals surface area contributed by atoms with E-state index in [-0.39, 0.29) is 17.9 Å². The van der Waals surface area contributed by atoms with E-state index in [1.54, 1.807) is 12.1 Å². The van der Waals surface area contributed by atoms with Gasteiger partial charge in [-0.1, -0.05) is 12.1 Å². The lowest BCUT2D eigenvalue weighted by atomic mass is 10.2. The summed E-state index contributed by atoms with van der Waals surface area (Å²) in [6.45, 7) is 0.451. The van der Waals surface area contributed by atoms with Crippen molar-refractivity contribution in [2.45, 2.75) is 6.42 Å². The average molecular weight is 352 g/mol. The predicted molar refractivity (Wildman–Crippen MR) is 99.3 cm³/mol. The number of halogens is 1. The highest BCUT2D eigenvalue weighted by atomic mass is 19.1. The van der Waals surface area contributed by atoms with Crippen LogP contribution in [0, 0.1) is 5.82 Å². The van der Waals surface area contributed by atoms with Crippen molar-refractivity contribution in [2.75, 3.05) is 18.5 Å². The molecule has 0 unspecified atom stereocenters. The van der Waals surface area contributed by atoms with Gasteiger partial charge in [0, 0.05) is 24.6 Å². The molecule has 0 fully saturated rings. The smallest absolute Gasteiger partial charge is 0.257 e. The van der Waals surface area contributed by atoms with E-state index in [4.69, 9.17) is 5.11 Å². The molecule has 0 aliphatic rings. The van der Waals surface area contributed by atoms with Crippen LogP contribution in [0.1, 0.15) is 6.42 Å². The molecule has 0 atom stereocenters. The van der Waals surface area contributed by atoms with Gasteiger partial charge in [0.25, 0.3) is 5.56 Å². The van der Waals surface area contributed by atoms with Gasteiger partial charge < -0.3 is 15.4 Å². The average Bonchev–Trinajstić information content (AvgIpc) is 3.06. The van der Waals surface area contributed by atoms with Gasteiger partial charge in [-0.3, -0.25) is 4.79 Å². The molecule has 4 rings (SSSR count). The third-order valence-electron chi connectivity index (χ3n) is 4.22. The van der Waals surface area contributed by atoms with E-state index in [9.17, 15) is 9.18 Å². The quantitative estimate of drug-likeness (QED) is 0.482. The number of aliphatic hydroxyl groups is 1. The minimum absolute atomic E-state index is 0.0197. The summed E-state index contributed by atoms with van der Waals surface area (Å²) in [7, 11) is 0. The first-order valence-corrected chi connectivity index (χ1v) is 8.32. The molecule has 2 heterocycles. The van der Waals surface area contributed by atoms with Gasteiger partial charge >= 0.3 is 0 Å². The first kappa shape index (κ1) is 16.3. The number of nitrogens with one attached hydrogen (secondary N) is 2. The molecule has 0 aliphatic carbocycles. The molecule has 2 aromatic heterocycles. The fraction of sp³-hybridized carbons (Fsp3) is 0.158. The van der Waals surface area contributed by atoms with E-state index < -0.39 is 5.82 Å². The third kappa shape index (κ3) is 2.82. The van der Waals surface area contributed by atoms with Crippen molar-refractivity contribution in [1.82, 2.24) is 14.5 Å². The maximum Gasteiger partial charge on any atom is 0.257 e. The van der Waals surface area contributed by atoms with Crippen LogP contribution in [-0.4, -0.2) is 32.8 Å². The Morgan fingerprint density at radius 2 is 2.04 bits per heavy atom. The topological polar surface area (TPSA) is 82.9 Å². The number of anilines is 1. The lowest BCUT2D eigenvalue weighted by Gasteiger charge is -2.11. The van der Waals surface area contributed by atoms with Gasteiger partial charge in [0.05, 0.1) is 22.2 Å². The lowest BCUT2D eigenvalue weighted by molar-refractivity contribution is 0.292. The van der Waals surface area contributed by atoms with Crippen LogP contribution in [0.2, 0.25) is 0 Å². The monoisotopic (exact) mass is 352 g/mol. The first-order valence-electron chi connectivity index (χ1n) is 8.32. The predicted octanol–water partition coefficient (Wildman–Crippen LogP) is 2.80. The number of benzene rings is 2. The van der Waals surface area contributed by atoms with Gasteiger partial charge in [0.2, 0.25) is 5.95 Å². The number of fused-ring (bicyclic) bond motifs is 2. The summed E-state index contributed by atoms with van der Waals surface area (Å²) in [6.07, 6.45) is 0.503. The molecule has 0 amide bonds. The van der Waals surface area contributed by atoms with Crippen molar-refractivity contribution in [2.24, 2.45) is 0 Å². The van der Waals surface area contributed by atoms with E-state index in [1.807, 2.05) is 24.3 Å². The number of hydrogen-bond acceptors (Lipinski definition) is 4. The van der Waals surface area contributed by atoms with Crippen LogP contribution in [0.4, 0.5) is 10.1 Å². The van der Waals surface area contributed by atoms with Crippen molar-refractivity contribution in [3.8, 4) is 5.95 Å². The Morgan fingerprint density at radius 1 is 1.19 bits per heavy atom. The number of aromatic nitrogens is 3. The fourth-order valence-corrected chi connectivity index (χ4v) is 2.96. The number of rotatable bonds is 5. The van der Waals surface area contributed by atoms with E-state index in [1.165, 1.54) is 16.7 Å². The molecule has 3 N–H and O–H groups in total. The van der Waals surface area contributed by atoms with Crippen LogP contribution < -0.4 is 10.9 Å². The molecule has 6 nitrogen and oxygen atoms in total. The van der Waals surface area contributed by atoms with E-state index in [0.29, 0.717) is 29.8 Å². The Morgan fingerprint density at radius 3 is 2.85 bits per heavy atom. The zero-order valence-corrected chi connectivity index (χ0v) is 13.9. The highest BCUT2D eigenvalue weighted by molar-refractivity contribution is 5.85. The zero-order valence-electron chi connectivity index (χ0n) is 13.9. The van der Waals surface area contributed by atoms with Crippen molar-refractivity contribution in [1.29, 1.82) is 0 Å². The van der Waals surface area contributed by atoms with Crippen molar-refractivity contribution in [3.63, 3.8) is 0 Å². The number of imidazole rings is 1. The van der Waals surface area contributed by atoms with Gasteiger partial charge in [-0.2, -0.15) is 0 Å². The Bertz CT molecular complexity index is 1120. The van der Waals surface area contributed by atoms with Crippen LogP contribution >= 0.6 is 0 Å². The molecule has 0 radical (unpaired) electrons. The van der Waals surface area contributed by atoms with Crippen LogP contribution in [-0.2, 0) is 0 Å². The third-order valence-corrected chi connectivity index (χ3v) is 4.22. The molecule has 7 heteroatoms. The number of hydrogen-bond donors (Lipinski definition) is 3. The highest BCUT2D eigenvalue weighted by Crippen LogP contribution is 2.24. The Balaban J connectivity index is 1.91. The number of aliphatic hydroxyl groups excluding tert-OH is 1. The van der Waals surface area contributed by atoms with Crippen molar-refractivity contribution < 1.29 is 9.50 Å². The van der Waals surface area contributed by atoms with Crippen LogP contribution in [0.5, 0.6) is 0 Å². The molecular formula is C19H17FN4O2. The van der Waals surface area contributed by atoms with E-state index in [0.717, 1.165) is 11.0 Å². The number of nitrogens with zero attached hydrogens (tertiary/aromatic N) is 2. The van der Waals surface area contributed by atoms with Crippen LogP contribution in [0.25, 0.3) is 27.9 Å². The largest absolute Gasteiger partial charge is 0.396 e. The maximum atomic E-state index is 14.3. The maximum absolute atomic E-state index is 14.3. The summed E-state index contributed by atoms with van der Waals surface area (Å²) in [5, 5.41) is 12.4. The summed E-state index contributed by atoms with van der Waals surface area (Å²) in [6, 6.07) is 13.5. The second kappa shape index (κ2) is 6.61. The number of H-pyrrole nitrogens is 1. The first-order chi connectivity index (χ1) is 12.7. The normalized spacial score (nSPS) is 11.3. The summed E-state index contributed by atoms with van der Waals surface area (Å²) in [5.41, 5.74) is 2.12. The van der Waals surface area contributed by atoms with Crippen LogP contribution in [0.3, 0.4) is 0 Å². The number of pyridine rings is 1. The molecule has 132 valence electrons. The molecule has 0 spiro atoms. The van der Waals surface area contributed by atoms with Crippen molar-refractivity contribution in [3.05, 3.63) is 64.7 Å². The molecular weight excluding hydrogens is 335 g/mol. The highest BCUT2D eigenvalue weighted by Gasteiger charge is 2.13. The molecule has 0 saturated carbocycles.